The zero-order valence-electron chi connectivity index (χ0n) is 14.1. The van der Waals surface area contributed by atoms with Gasteiger partial charge < -0.3 is 9.57 Å². The van der Waals surface area contributed by atoms with Gasteiger partial charge in [0.25, 0.3) is 5.91 Å². The molecule has 0 bridgehead atoms. The molecule has 2 aromatic carbocycles. The lowest BCUT2D eigenvalue weighted by molar-refractivity contribution is -0.132. The third-order valence-electron chi connectivity index (χ3n) is 4.31. The fourth-order valence-corrected chi connectivity index (χ4v) is 3.12. The second-order valence-corrected chi connectivity index (χ2v) is 6.09. The van der Waals surface area contributed by atoms with Crippen LogP contribution < -0.4 is 9.64 Å². The van der Waals surface area contributed by atoms with Crippen LogP contribution in [0.25, 0.3) is 0 Å². The molecule has 2 aromatic rings. The number of carbonyl (C=O) groups is 3. The summed E-state index contributed by atoms with van der Waals surface area (Å²) in [6.45, 7) is 1.27. The van der Waals surface area contributed by atoms with Crippen molar-refractivity contribution >= 4 is 29.2 Å². The van der Waals surface area contributed by atoms with E-state index in [2.05, 4.69) is 5.16 Å². The fraction of sp³-hybridized carbons (Fsp3) is 0.158. The largest absolute Gasteiger partial charge is 0.427 e. The van der Waals surface area contributed by atoms with Gasteiger partial charge in [-0.05, 0) is 36.4 Å². The summed E-state index contributed by atoms with van der Waals surface area (Å²) in [7, 11) is 0. The number of amides is 2. The Labute approximate surface area is 153 Å². The molecule has 2 amide bonds. The molecule has 2 aliphatic rings. The van der Waals surface area contributed by atoms with Gasteiger partial charge in [0.15, 0.2) is 0 Å². The molecule has 0 unspecified atom stereocenters. The van der Waals surface area contributed by atoms with E-state index in [0.717, 1.165) is 4.90 Å². The molecule has 0 aliphatic carbocycles. The zero-order valence-corrected chi connectivity index (χ0v) is 14.1. The molecule has 0 saturated carbocycles. The lowest BCUT2D eigenvalue weighted by Crippen LogP contribution is -2.33. The number of benzene rings is 2. The molecule has 7 nitrogen and oxygen atoms in total. The lowest BCUT2D eigenvalue weighted by atomic mass is 9.94. The Hall–Kier alpha value is -3.55. The summed E-state index contributed by atoms with van der Waals surface area (Å²) in [5.41, 5.74) is 1.13. The fourth-order valence-electron chi connectivity index (χ4n) is 3.12. The average Bonchev–Trinajstić information content (AvgIpc) is 3.17. The van der Waals surface area contributed by atoms with Crippen molar-refractivity contribution in [2.75, 3.05) is 4.90 Å². The molecular weight excluding hydrogens is 355 g/mol. The van der Waals surface area contributed by atoms with Crippen molar-refractivity contribution in [3.05, 3.63) is 59.9 Å². The Morgan fingerprint density at radius 1 is 1.07 bits per heavy atom. The van der Waals surface area contributed by atoms with Crippen molar-refractivity contribution in [3.8, 4) is 5.75 Å². The molecule has 4 rings (SSSR count). The number of carbonyl (C=O) groups excluding carboxylic acids is 3. The lowest BCUT2D eigenvalue weighted by Gasteiger charge is -2.15. The summed E-state index contributed by atoms with van der Waals surface area (Å²) < 4.78 is 18.1. The zero-order chi connectivity index (χ0) is 19.1. The average molecular weight is 368 g/mol. The van der Waals surface area contributed by atoms with E-state index in [1.165, 1.54) is 55.5 Å². The summed E-state index contributed by atoms with van der Waals surface area (Å²) in [5.74, 6) is -2.50. The maximum Gasteiger partial charge on any atom is 0.308 e. The molecule has 0 radical (unpaired) electrons. The molecule has 1 saturated heterocycles. The van der Waals surface area contributed by atoms with Crippen LogP contribution in [0.5, 0.6) is 5.75 Å². The van der Waals surface area contributed by atoms with Crippen molar-refractivity contribution in [1.82, 2.24) is 0 Å². The number of anilines is 1. The van der Waals surface area contributed by atoms with Crippen LogP contribution in [0.15, 0.2) is 53.7 Å². The number of hydrogen-bond acceptors (Lipinski definition) is 6. The van der Waals surface area contributed by atoms with E-state index >= 15 is 0 Å². The van der Waals surface area contributed by atoms with Gasteiger partial charge in [-0.15, -0.1) is 0 Å². The first-order chi connectivity index (χ1) is 13.0. The van der Waals surface area contributed by atoms with Crippen LogP contribution in [0.1, 0.15) is 12.5 Å². The number of nitrogens with zero attached hydrogens (tertiary/aromatic N) is 2. The third kappa shape index (κ3) is 2.84. The maximum atomic E-state index is 13.1. The van der Waals surface area contributed by atoms with Crippen LogP contribution in [0.3, 0.4) is 0 Å². The van der Waals surface area contributed by atoms with Gasteiger partial charge >= 0.3 is 5.97 Å². The quantitative estimate of drug-likeness (QED) is 0.470. The van der Waals surface area contributed by atoms with E-state index in [4.69, 9.17) is 9.57 Å². The first kappa shape index (κ1) is 16.9. The molecule has 0 spiro atoms. The summed E-state index contributed by atoms with van der Waals surface area (Å²) in [6, 6.07) is 11.4. The van der Waals surface area contributed by atoms with E-state index in [0.29, 0.717) is 17.0 Å². The molecule has 0 aromatic heterocycles. The van der Waals surface area contributed by atoms with Crippen molar-refractivity contribution in [1.29, 1.82) is 0 Å². The van der Waals surface area contributed by atoms with Gasteiger partial charge in [0, 0.05) is 12.5 Å². The SMILES string of the molecule is CC(=O)Oc1ccc(N2C(=O)[C@H]3C(c4ccc(F)cc4)=NO[C@@H]3C2=O)cc1. The van der Waals surface area contributed by atoms with Crippen LogP contribution >= 0.6 is 0 Å². The minimum absolute atomic E-state index is 0.289. The molecule has 2 atom stereocenters. The summed E-state index contributed by atoms with van der Waals surface area (Å²) in [6.07, 6.45) is -1.05. The summed E-state index contributed by atoms with van der Waals surface area (Å²) in [5, 5.41) is 3.86. The first-order valence-electron chi connectivity index (χ1n) is 8.11. The van der Waals surface area contributed by atoms with Crippen LogP contribution in [0, 0.1) is 11.7 Å². The van der Waals surface area contributed by atoms with Crippen LogP contribution in [-0.4, -0.2) is 29.6 Å². The van der Waals surface area contributed by atoms with Crippen molar-refractivity contribution in [2.45, 2.75) is 13.0 Å². The van der Waals surface area contributed by atoms with Gasteiger partial charge in [-0.2, -0.15) is 0 Å². The Morgan fingerprint density at radius 3 is 2.37 bits per heavy atom. The number of imide groups is 1. The van der Waals surface area contributed by atoms with E-state index in [9.17, 15) is 18.8 Å². The topological polar surface area (TPSA) is 85.3 Å². The molecule has 136 valence electrons. The molecule has 8 heteroatoms. The molecule has 1 fully saturated rings. The molecule has 2 aliphatic heterocycles. The predicted octanol–water partition coefficient (Wildman–Crippen LogP) is 2.04. The van der Waals surface area contributed by atoms with E-state index < -0.39 is 35.6 Å². The third-order valence-corrected chi connectivity index (χ3v) is 4.31. The standard InChI is InChI=1S/C19H13FN2O5/c1-10(23)26-14-8-6-13(7-9-14)22-18(24)15-16(21-27-17(15)19(22)25)11-2-4-12(20)5-3-11/h2-9,15,17H,1H3/t15-,17-/m0/s1. The minimum Gasteiger partial charge on any atom is -0.427 e. The smallest absolute Gasteiger partial charge is 0.308 e. The number of oxime groups is 1. The van der Waals surface area contributed by atoms with E-state index in [1.807, 2.05) is 0 Å². The summed E-state index contributed by atoms with van der Waals surface area (Å²) >= 11 is 0. The maximum absolute atomic E-state index is 13.1. The Kier molecular flexibility index (Phi) is 3.95. The summed E-state index contributed by atoms with van der Waals surface area (Å²) in [4.78, 5) is 42.8. The molecule has 0 N–H and O–H groups in total. The first-order valence-corrected chi connectivity index (χ1v) is 8.11. The highest BCUT2D eigenvalue weighted by atomic mass is 19.1. The normalized spacial score (nSPS) is 21.0. The highest BCUT2D eigenvalue weighted by Gasteiger charge is 2.56. The molecule has 27 heavy (non-hydrogen) atoms. The number of fused-ring (bicyclic) bond motifs is 1. The van der Waals surface area contributed by atoms with Gasteiger partial charge in [0.2, 0.25) is 12.0 Å². The van der Waals surface area contributed by atoms with E-state index in [-0.39, 0.29) is 5.71 Å². The Morgan fingerprint density at radius 2 is 1.74 bits per heavy atom. The molecule has 2 heterocycles. The minimum atomic E-state index is -1.05. The number of ether oxygens (including phenoxy) is 1. The highest BCUT2D eigenvalue weighted by Crippen LogP contribution is 2.35. The molecular formula is C19H13FN2O5. The van der Waals surface area contributed by atoms with Crippen LogP contribution in [0.2, 0.25) is 0 Å². The Bertz CT molecular complexity index is 969. The monoisotopic (exact) mass is 368 g/mol. The van der Waals surface area contributed by atoms with Crippen molar-refractivity contribution < 1.29 is 28.3 Å². The van der Waals surface area contributed by atoms with Gasteiger partial charge in [0.1, 0.15) is 23.2 Å². The van der Waals surface area contributed by atoms with Gasteiger partial charge in [-0.25, -0.2) is 9.29 Å². The van der Waals surface area contributed by atoms with Crippen molar-refractivity contribution in [3.63, 3.8) is 0 Å². The van der Waals surface area contributed by atoms with Gasteiger partial charge in [-0.1, -0.05) is 17.3 Å². The van der Waals surface area contributed by atoms with Gasteiger partial charge in [-0.3, -0.25) is 14.4 Å². The second kappa shape index (κ2) is 6.31. The number of halogens is 1. The highest BCUT2D eigenvalue weighted by molar-refractivity contribution is 6.32. The predicted molar refractivity (Wildman–Crippen MR) is 91.5 cm³/mol. The van der Waals surface area contributed by atoms with E-state index in [1.54, 1.807) is 0 Å². The van der Waals surface area contributed by atoms with Crippen molar-refractivity contribution in [2.24, 2.45) is 11.1 Å². The van der Waals surface area contributed by atoms with Gasteiger partial charge in [0.05, 0.1) is 5.69 Å². The number of rotatable bonds is 3. The van der Waals surface area contributed by atoms with Crippen LogP contribution in [-0.2, 0) is 19.2 Å². The number of esters is 1. The number of hydrogen-bond donors (Lipinski definition) is 0. The van der Waals surface area contributed by atoms with Crippen LogP contribution in [0.4, 0.5) is 10.1 Å². The second-order valence-electron chi connectivity index (χ2n) is 6.09. The Balaban J connectivity index is 1.62.